The maximum Gasteiger partial charge on any atom is 0.294 e. The summed E-state index contributed by atoms with van der Waals surface area (Å²) in [4.78, 5) is 54.6. The van der Waals surface area contributed by atoms with Gasteiger partial charge in [0, 0.05) is 71.2 Å². The number of aromatic amines is 1. The minimum atomic E-state index is -4.61. The van der Waals surface area contributed by atoms with Crippen molar-refractivity contribution in [2.45, 2.75) is 126 Å². The molecule has 2 aromatic heterocycles. The minimum absolute atomic E-state index is 0.0402. The standard InChI is InChI=1S/C63H72N10O16S4/c1-39(74)33-45(70-71-59(75)43-15-19-44(20-16-43)65-37-46-38-66-58-56(67-46)60(76)69-61(64)68-58)34-40-13-21-47(22-14-40)89-57-41(17-27-54-62(2,3)50-35-48(92(83,84)85)23-25-52(50)72(54)29-6-8-31-90(77,78)79)11-10-12-42(57)18-28-55-63(4,5)51-36-49(93(86,87)88)24-26-53(51)73(55)30-7-9-32-91(80,81)82/h13-28,35-36,38,45H,6-12,29-34,37H2,1-5H3,(H9-,64,65,66,67,68,69,70,71,75,76,77,78,79,80,81,82,83,84,85,86,87,88)/p+1/t45-/m0/s1. The second-order valence-corrected chi connectivity index (χ2v) is 30.1. The van der Waals surface area contributed by atoms with Crippen LogP contribution in [-0.4, -0.2) is 124 Å². The van der Waals surface area contributed by atoms with E-state index in [2.05, 4.69) is 36.1 Å². The van der Waals surface area contributed by atoms with E-state index in [1.165, 1.54) is 37.4 Å². The number of hydrogen-bond donors (Lipinski definition) is 9. The van der Waals surface area contributed by atoms with Crippen LogP contribution in [0.2, 0.25) is 0 Å². The number of benzene rings is 4. The molecule has 494 valence electrons. The smallest absolute Gasteiger partial charge is 0.294 e. The molecule has 30 heteroatoms. The fraction of sp³-hybridized carbons (Fsp3) is 0.349. The number of fused-ring (bicyclic) bond motifs is 3. The largest absolute Gasteiger partial charge is 0.457 e. The summed E-state index contributed by atoms with van der Waals surface area (Å²) in [5.74, 6) is -0.687. The maximum absolute atomic E-state index is 13.5. The van der Waals surface area contributed by atoms with Gasteiger partial charge in [-0.3, -0.25) is 43.0 Å². The lowest BCUT2D eigenvalue weighted by Crippen LogP contribution is -2.46. The molecule has 3 aliphatic rings. The van der Waals surface area contributed by atoms with Crippen LogP contribution in [0.5, 0.6) is 5.75 Å². The summed E-state index contributed by atoms with van der Waals surface area (Å²) >= 11 is 0. The van der Waals surface area contributed by atoms with Crippen molar-refractivity contribution in [2.24, 2.45) is 0 Å². The van der Waals surface area contributed by atoms with Gasteiger partial charge < -0.3 is 20.7 Å². The molecule has 0 saturated carbocycles. The zero-order valence-corrected chi connectivity index (χ0v) is 54.8. The third-order valence-electron chi connectivity index (χ3n) is 16.4. The predicted molar refractivity (Wildman–Crippen MR) is 350 cm³/mol. The van der Waals surface area contributed by atoms with Gasteiger partial charge in [-0.2, -0.15) is 43.2 Å². The van der Waals surface area contributed by atoms with E-state index in [0.717, 1.165) is 16.7 Å². The van der Waals surface area contributed by atoms with Gasteiger partial charge in [-0.1, -0.05) is 32.1 Å². The molecule has 1 aliphatic carbocycles. The molecule has 0 bridgehead atoms. The summed E-state index contributed by atoms with van der Waals surface area (Å²) in [5.41, 5.74) is 16.8. The number of nitrogen functional groups attached to an aromatic ring is 1. The van der Waals surface area contributed by atoms with Gasteiger partial charge in [0.05, 0.1) is 45.1 Å². The Hall–Kier alpha value is -8.33. The second-order valence-electron chi connectivity index (χ2n) is 24.1. The highest BCUT2D eigenvalue weighted by atomic mass is 32.2. The number of aromatic nitrogens is 4. The highest BCUT2D eigenvalue weighted by Gasteiger charge is 2.45. The van der Waals surface area contributed by atoms with Crippen LogP contribution in [0.1, 0.15) is 119 Å². The van der Waals surface area contributed by atoms with E-state index >= 15 is 0 Å². The Balaban J connectivity index is 1.01. The number of unbranched alkanes of at least 4 members (excludes halogenated alkanes) is 2. The Morgan fingerprint density at radius 1 is 0.785 bits per heavy atom. The number of H-pyrrole nitrogens is 1. The van der Waals surface area contributed by atoms with Gasteiger partial charge in [0.25, 0.3) is 51.9 Å². The molecule has 0 radical (unpaired) electrons. The van der Waals surface area contributed by atoms with E-state index in [1.54, 1.807) is 48.5 Å². The van der Waals surface area contributed by atoms with E-state index < -0.39 is 80.3 Å². The average molecular weight is 1350 g/mol. The molecule has 0 saturated heterocycles. The number of Topliss-reactive ketones (excluding diaryl/α,β-unsaturated/α-hetero) is 1. The molecule has 6 aromatic rings. The Bertz CT molecular complexity index is 4620. The number of rotatable bonds is 27. The van der Waals surface area contributed by atoms with Crippen LogP contribution in [-0.2, 0) is 69.1 Å². The number of nitrogens with one attached hydrogen (secondary N) is 4. The summed E-state index contributed by atoms with van der Waals surface area (Å²) in [7, 11) is -17.7. The fourth-order valence-electron chi connectivity index (χ4n) is 11.8. The normalized spacial score (nSPS) is 16.9. The molecule has 4 aromatic carbocycles. The number of anilines is 3. The van der Waals surface area contributed by atoms with Gasteiger partial charge in [0.1, 0.15) is 23.8 Å². The molecule has 9 rings (SSSR count). The van der Waals surface area contributed by atoms with Gasteiger partial charge in [0.15, 0.2) is 16.9 Å². The van der Waals surface area contributed by atoms with Crippen molar-refractivity contribution in [1.29, 1.82) is 0 Å². The van der Waals surface area contributed by atoms with Gasteiger partial charge in [-0.15, -0.1) is 0 Å². The second kappa shape index (κ2) is 27.7. The summed E-state index contributed by atoms with van der Waals surface area (Å²) in [5, 5.41) is 3.18. The van der Waals surface area contributed by atoms with Crippen LogP contribution in [0.4, 0.5) is 23.0 Å². The number of carbonyl (C=O) groups is 2. The Labute approximate surface area is 538 Å². The van der Waals surface area contributed by atoms with Gasteiger partial charge in [-0.05, 0) is 167 Å². The minimum Gasteiger partial charge on any atom is -0.457 e. The number of carbonyl (C=O) groups excluding carboxylic acids is 2. The van der Waals surface area contributed by atoms with Crippen molar-refractivity contribution in [2.75, 3.05) is 40.5 Å². The first-order chi connectivity index (χ1) is 43.6. The molecule has 4 heterocycles. The van der Waals surface area contributed by atoms with Crippen LogP contribution in [0.3, 0.4) is 0 Å². The quantitative estimate of drug-likeness (QED) is 0.0104. The summed E-state index contributed by atoms with van der Waals surface area (Å²) in [6.07, 6.45) is 12.0. The highest BCUT2D eigenvalue weighted by Crippen LogP contribution is 2.49. The number of ether oxygens (including phenoxy) is 1. The van der Waals surface area contributed by atoms with E-state index in [9.17, 15) is 66.3 Å². The van der Waals surface area contributed by atoms with E-state index in [0.29, 0.717) is 101 Å². The van der Waals surface area contributed by atoms with Crippen LogP contribution in [0.25, 0.3) is 11.2 Å². The summed E-state index contributed by atoms with van der Waals surface area (Å²) in [6.45, 7) is 9.80. The molecule has 26 nitrogen and oxygen atoms in total. The lowest BCUT2D eigenvalue weighted by molar-refractivity contribution is -0.438. The number of ketones is 1. The molecular formula is C63H73N10O16S4+. The highest BCUT2D eigenvalue weighted by molar-refractivity contribution is 7.86. The third-order valence-corrected chi connectivity index (χ3v) is 19.7. The van der Waals surface area contributed by atoms with Gasteiger partial charge in [-0.25, -0.2) is 15.4 Å². The zero-order valence-electron chi connectivity index (χ0n) is 51.6. The van der Waals surface area contributed by atoms with Crippen molar-refractivity contribution < 1.29 is 70.8 Å². The van der Waals surface area contributed by atoms with Gasteiger partial charge >= 0.3 is 0 Å². The molecule has 1 amide bonds. The molecule has 0 fully saturated rings. The lowest BCUT2D eigenvalue weighted by Gasteiger charge is -2.27. The third kappa shape index (κ3) is 17.1. The first-order valence-corrected chi connectivity index (χ1v) is 35.8. The molecule has 2 aliphatic heterocycles. The monoisotopic (exact) mass is 1350 g/mol. The number of allylic oxidation sites excluding steroid dienone is 7. The van der Waals surface area contributed by atoms with E-state index in [-0.39, 0.29) is 71.6 Å². The van der Waals surface area contributed by atoms with Crippen molar-refractivity contribution in [3.05, 3.63) is 176 Å². The average Bonchev–Trinajstić information content (AvgIpc) is 1.60. The fourth-order valence-corrected chi connectivity index (χ4v) is 13.9. The van der Waals surface area contributed by atoms with Crippen molar-refractivity contribution >= 4 is 92.0 Å². The van der Waals surface area contributed by atoms with Crippen molar-refractivity contribution in [3.8, 4) is 5.75 Å². The molecule has 1 atom stereocenters. The van der Waals surface area contributed by atoms with Crippen LogP contribution >= 0.6 is 0 Å². The van der Waals surface area contributed by atoms with Crippen LogP contribution in [0, 0.1) is 0 Å². The van der Waals surface area contributed by atoms with E-state index in [4.69, 9.17) is 10.5 Å². The molecule has 10 N–H and O–H groups in total. The Morgan fingerprint density at radius 2 is 1.44 bits per heavy atom. The summed E-state index contributed by atoms with van der Waals surface area (Å²) in [6, 6.07) is 21.9. The van der Waals surface area contributed by atoms with Gasteiger partial charge in [0.2, 0.25) is 11.6 Å². The summed E-state index contributed by atoms with van der Waals surface area (Å²) < 4.78 is 145. The van der Waals surface area contributed by atoms with Crippen molar-refractivity contribution in [3.63, 3.8) is 0 Å². The number of amides is 1. The van der Waals surface area contributed by atoms with Crippen LogP contribution < -0.4 is 37.1 Å². The predicted octanol–water partition coefficient (Wildman–Crippen LogP) is 7.62. The Morgan fingerprint density at radius 3 is 2.10 bits per heavy atom. The topological polar surface area (TPSA) is 401 Å². The maximum atomic E-state index is 13.5. The first-order valence-electron chi connectivity index (χ1n) is 29.7. The van der Waals surface area contributed by atoms with Crippen molar-refractivity contribution in [1.82, 2.24) is 30.8 Å². The lowest BCUT2D eigenvalue weighted by atomic mass is 9.81. The molecule has 0 unspecified atom stereocenters. The number of hydrogen-bond acceptors (Lipinski definition) is 19. The zero-order chi connectivity index (χ0) is 67.4. The Kier molecular flexibility index (Phi) is 20.6. The number of nitrogens with two attached hydrogens (primary N) is 1. The number of hydrazine groups is 1. The molecule has 0 spiro atoms. The molecular weight excluding hydrogens is 1280 g/mol. The van der Waals surface area contributed by atoms with Crippen LogP contribution in [0.15, 0.2) is 153 Å². The number of nitrogens with zero attached hydrogens (tertiary/aromatic N) is 5. The van der Waals surface area contributed by atoms with E-state index in [1.807, 2.05) is 73.6 Å². The SMILES string of the molecule is CC(=O)C[C@@H](Cc1ccc(OC2=C(/C=C/C3=[N+](CCCCS(=O)(=O)O)c4ccc(S(=O)(=O)O)cc4C3(C)C)CCC/C2=C\C=C2\N(CCCCS(=O)(=O)O)c3ccc(S(=O)(=O)O)cc3C2(C)C)cc1)NNC(=O)c1ccc(NCc2cnc3nc(N)[nH]c(=O)c3n2)cc1. The first kappa shape index (κ1) is 69.0. The molecule has 93 heavy (non-hydrogen) atoms.